The van der Waals surface area contributed by atoms with Crippen LogP contribution in [0.2, 0.25) is 0 Å². The molecule has 0 atom stereocenters. The maximum Gasteiger partial charge on any atom is 0.160 e. The van der Waals surface area contributed by atoms with E-state index in [0.29, 0.717) is 0 Å². The van der Waals surface area contributed by atoms with Crippen molar-refractivity contribution in [3.05, 3.63) is 180 Å². The monoisotopic (exact) mass is 578 g/mol. The normalized spacial score (nSPS) is 15.1. The molecule has 1 aliphatic rings. The molecule has 45 heavy (non-hydrogen) atoms. The molecule has 0 unspecified atom stereocenters. The summed E-state index contributed by atoms with van der Waals surface area (Å²) in [5, 5.41) is 0. The number of aromatic nitrogens is 2. The van der Waals surface area contributed by atoms with Crippen molar-refractivity contribution in [2.24, 2.45) is 0 Å². The molecule has 5 aromatic carbocycles. The Balaban J connectivity index is 1.43. The summed E-state index contributed by atoms with van der Waals surface area (Å²) in [6, 6.07) is 47.0. The van der Waals surface area contributed by atoms with E-state index in [0.717, 1.165) is 40.3 Å². The second kappa shape index (κ2) is 12.6. The lowest BCUT2D eigenvalue weighted by Gasteiger charge is -2.19. The van der Waals surface area contributed by atoms with Gasteiger partial charge in [0.05, 0.1) is 11.4 Å². The van der Waals surface area contributed by atoms with Crippen LogP contribution in [0.15, 0.2) is 158 Å². The summed E-state index contributed by atoms with van der Waals surface area (Å²) in [6.45, 7) is 4.43. The molecule has 1 aliphatic carbocycles. The standard InChI is InChI=1S/C43H34N2/c1-30-26-39-31(2)37(42-29-41(33-18-9-4-10-19-33)44-43(45-42)34-20-11-5-12-21-34)24-13-6-14-25-38(39)40(27-30)36-23-15-22-35(28-36)32-16-7-3-8-17-32/h3-24,26-29H,25H2,1-2H3/b14-6?,24-13-,37-31-. The van der Waals surface area contributed by atoms with Crippen molar-refractivity contribution >= 4 is 11.1 Å². The molecular weight excluding hydrogens is 544 g/mol. The lowest BCUT2D eigenvalue weighted by molar-refractivity contribution is 1.16. The van der Waals surface area contributed by atoms with Crippen LogP contribution in [0, 0.1) is 6.92 Å². The lowest BCUT2D eigenvalue weighted by Crippen LogP contribution is -2.01. The van der Waals surface area contributed by atoms with E-state index >= 15 is 0 Å². The van der Waals surface area contributed by atoms with Gasteiger partial charge in [0.15, 0.2) is 5.82 Å². The van der Waals surface area contributed by atoms with Gasteiger partial charge in [-0.1, -0.05) is 146 Å². The van der Waals surface area contributed by atoms with E-state index in [9.17, 15) is 0 Å². The first kappa shape index (κ1) is 28.2. The third-order valence-corrected chi connectivity index (χ3v) is 8.42. The molecule has 2 heteroatoms. The van der Waals surface area contributed by atoms with E-state index in [1.807, 2.05) is 24.3 Å². The third kappa shape index (κ3) is 5.96. The van der Waals surface area contributed by atoms with Gasteiger partial charge in [-0.25, -0.2) is 9.97 Å². The smallest absolute Gasteiger partial charge is 0.160 e. The van der Waals surface area contributed by atoms with Crippen LogP contribution in [0.5, 0.6) is 0 Å². The maximum atomic E-state index is 5.18. The van der Waals surface area contributed by atoms with E-state index in [1.54, 1.807) is 0 Å². The van der Waals surface area contributed by atoms with Gasteiger partial charge >= 0.3 is 0 Å². The highest BCUT2D eigenvalue weighted by Crippen LogP contribution is 2.38. The summed E-state index contributed by atoms with van der Waals surface area (Å²) in [7, 11) is 0. The molecule has 1 heterocycles. The van der Waals surface area contributed by atoms with E-state index < -0.39 is 0 Å². The van der Waals surface area contributed by atoms with Crippen LogP contribution in [0.1, 0.15) is 29.3 Å². The Morgan fingerprint density at radius 3 is 1.82 bits per heavy atom. The maximum absolute atomic E-state index is 5.18. The minimum absolute atomic E-state index is 0.721. The molecule has 0 N–H and O–H groups in total. The predicted octanol–water partition coefficient (Wildman–Crippen LogP) is 11.1. The van der Waals surface area contributed by atoms with E-state index in [2.05, 4.69) is 147 Å². The van der Waals surface area contributed by atoms with Crippen molar-refractivity contribution in [3.63, 3.8) is 0 Å². The second-order valence-electron chi connectivity index (χ2n) is 11.5. The Morgan fingerprint density at radius 1 is 0.489 bits per heavy atom. The SMILES string of the molecule is C/C1=C(c2cc(-c3ccccc3)nc(-c3ccccc3)n2)\C=C/C=CCc2c1cc(C)cc2-c1cccc(-c2ccccc2)c1. The van der Waals surface area contributed by atoms with Crippen LogP contribution >= 0.6 is 0 Å². The molecule has 7 rings (SSSR count). The molecule has 0 saturated carbocycles. The summed E-state index contributed by atoms with van der Waals surface area (Å²) in [6.07, 6.45) is 9.59. The second-order valence-corrected chi connectivity index (χ2v) is 11.5. The van der Waals surface area contributed by atoms with Gasteiger partial charge in [0, 0.05) is 16.7 Å². The van der Waals surface area contributed by atoms with Crippen molar-refractivity contribution in [1.82, 2.24) is 9.97 Å². The molecule has 0 spiro atoms. The molecule has 2 nitrogen and oxygen atoms in total. The van der Waals surface area contributed by atoms with Gasteiger partial charge in [-0.15, -0.1) is 0 Å². The molecule has 1 aromatic heterocycles. The number of hydrogen-bond donors (Lipinski definition) is 0. The van der Waals surface area contributed by atoms with Crippen molar-refractivity contribution in [2.45, 2.75) is 20.3 Å². The first-order valence-corrected chi connectivity index (χ1v) is 15.5. The Bertz CT molecular complexity index is 2010. The van der Waals surface area contributed by atoms with Crippen molar-refractivity contribution in [1.29, 1.82) is 0 Å². The molecule has 0 amide bonds. The summed E-state index contributed by atoms with van der Waals surface area (Å²) in [5.74, 6) is 0.721. The lowest BCUT2D eigenvalue weighted by atomic mass is 9.86. The highest BCUT2D eigenvalue weighted by Gasteiger charge is 2.18. The quantitative estimate of drug-likeness (QED) is 0.203. The van der Waals surface area contributed by atoms with Crippen LogP contribution < -0.4 is 0 Å². The molecule has 0 fully saturated rings. The first-order chi connectivity index (χ1) is 22.1. The first-order valence-electron chi connectivity index (χ1n) is 15.5. The Kier molecular flexibility index (Phi) is 7.87. The van der Waals surface area contributed by atoms with Crippen molar-refractivity contribution in [2.75, 3.05) is 0 Å². The molecule has 6 aromatic rings. The molecule has 0 radical (unpaired) electrons. The molecule has 0 saturated heterocycles. The summed E-state index contributed by atoms with van der Waals surface area (Å²) >= 11 is 0. The zero-order chi connectivity index (χ0) is 30.6. The number of rotatable bonds is 5. The van der Waals surface area contributed by atoms with Crippen LogP contribution in [0.4, 0.5) is 0 Å². The topological polar surface area (TPSA) is 25.8 Å². The van der Waals surface area contributed by atoms with Gasteiger partial charge in [-0.3, -0.25) is 0 Å². The number of fused-ring (bicyclic) bond motifs is 1. The third-order valence-electron chi connectivity index (χ3n) is 8.42. The van der Waals surface area contributed by atoms with Gasteiger partial charge in [-0.05, 0) is 76.9 Å². The highest BCUT2D eigenvalue weighted by molar-refractivity contribution is 5.97. The van der Waals surface area contributed by atoms with Crippen LogP contribution in [-0.4, -0.2) is 9.97 Å². The highest BCUT2D eigenvalue weighted by atomic mass is 14.9. The average molecular weight is 579 g/mol. The fourth-order valence-electron chi connectivity index (χ4n) is 6.15. The molecule has 216 valence electrons. The molecule has 0 bridgehead atoms. The van der Waals surface area contributed by atoms with Crippen LogP contribution in [0.25, 0.3) is 56.0 Å². The summed E-state index contributed by atoms with van der Waals surface area (Å²) < 4.78 is 0. The van der Waals surface area contributed by atoms with Gasteiger partial charge in [-0.2, -0.15) is 0 Å². The zero-order valence-corrected chi connectivity index (χ0v) is 25.6. The fraction of sp³-hybridized carbons (Fsp3) is 0.0698. The zero-order valence-electron chi connectivity index (χ0n) is 25.6. The fourth-order valence-corrected chi connectivity index (χ4v) is 6.15. The van der Waals surface area contributed by atoms with E-state index in [1.165, 1.54) is 44.5 Å². The Labute approximate surface area is 265 Å². The largest absolute Gasteiger partial charge is 0.228 e. The molecular formula is C43H34N2. The van der Waals surface area contributed by atoms with Crippen LogP contribution in [0.3, 0.4) is 0 Å². The minimum atomic E-state index is 0.721. The average Bonchev–Trinajstić information content (AvgIpc) is 3.18. The van der Waals surface area contributed by atoms with Gasteiger partial charge in [0.1, 0.15) is 0 Å². The number of benzene rings is 5. The molecule has 0 aliphatic heterocycles. The van der Waals surface area contributed by atoms with Gasteiger partial charge in [0.2, 0.25) is 0 Å². The van der Waals surface area contributed by atoms with Gasteiger partial charge in [0.25, 0.3) is 0 Å². The summed E-state index contributed by atoms with van der Waals surface area (Å²) in [4.78, 5) is 10.2. The van der Waals surface area contributed by atoms with E-state index in [-0.39, 0.29) is 0 Å². The number of allylic oxidation sites excluding steroid dienone is 6. The van der Waals surface area contributed by atoms with E-state index in [4.69, 9.17) is 9.97 Å². The van der Waals surface area contributed by atoms with Crippen molar-refractivity contribution in [3.8, 4) is 44.9 Å². The van der Waals surface area contributed by atoms with Crippen molar-refractivity contribution < 1.29 is 0 Å². The summed E-state index contributed by atoms with van der Waals surface area (Å²) in [5.41, 5.74) is 14.9. The van der Waals surface area contributed by atoms with Crippen LogP contribution in [-0.2, 0) is 6.42 Å². The number of nitrogens with zero attached hydrogens (tertiary/aromatic N) is 2. The Hall–Kier alpha value is -5.60. The number of hydrogen-bond acceptors (Lipinski definition) is 2. The van der Waals surface area contributed by atoms with Gasteiger partial charge < -0.3 is 0 Å². The minimum Gasteiger partial charge on any atom is -0.228 e. The number of aryl methyl sites for hydroxylation is 1. The Morgan fingerprint density at radius 2 is 1.09 bits per heavy atom. The predicted molar refractivity (Wildman–Crippen MR) is 189 cm³/mol.